The number of halogens is 2. The summed E-state index contributed by atoms with van der Waals surface area (Å²) in [6.45, 7) is 0.426. The van der Waals surface area contributed by atoms with Crippen molar-refractivity contribution in [1.82, 2.24) is 9.29 Å². The summed E-state index contributed by atoms with van der Waals surface area (Å²) in [6.07, 6.45) is 4.46. The van der Waals surface area contributed by atoms with E-state index in [2.05, 4.69) is 4.98 Å². The zero-order valence-corrected chi connectivity index (χ0v) is 13.7. The Balaban J connectivity index is 2.25. The molecule has 2 aromatic rings. The third-order valence-corrected chi connectivity index (χ3v) is 4.70. The Bertz CT molecular complexity index is 721. The molecule has 0 spiro atoms. The van der Waals surface area contributed by atoms with Crippen molar-refractivity contribution in [3.8, 4) is 0 Å². The summed E-state index contributed by atoms with van der Waals surface area (Å²) in [5.41, 5.74) is 1.52. The Labute approximate surface area is 134 Å². The molecule has 1 heterocycles. The number of nitrogens with zero attached hydrogens (tertiary/aromatic N) is 2. The van der Waals surface area contributed by atoms with Crippen LogP contribution in [-0.4, -0.2) is 24.0 Å². The van der Waals surface area contributed by atoms with Crippen molar-refractivity contribution in [3.05, 3.63) is 63.9 Å². The Morgan fingerprint density at radius 1 is 1.19 bits per heavy atom. The third-order valence-electron chi connectivity index (χ3n) is 2.91. The van der Waals surface area contributed by atoms with E-state index in [1.165, 1.54) is 10.6 Å². The topological polar surface area (TPSA) is 50.3 Å². The molecule has 112 valence electrons. The molecule has 0 bridgehead atoms. The monoisotopic (exact) mass is 344 g/mol. The molecule has 21 heavy (non-hydrogen) atoms. The standard InChI is InChI=1S/C14H14Cl2N2O2S/c1-21(19,20)18(9-11-3-2-6-17-8-11)10-12-4-5-13(15)7-14(12)16/h2-8H,9-10H2,1H3. The molecule has 0 aliphatic carbocycles. The minimum absolute atomic E-state index is 0.184. The van der Waals surface area contributed by atoms with Crippen LogP contribution in [0.15, 0.2) is 42.7 Å². The SMILES string of the molecule is CS(=O)(=O)N(Cc1cccnc1)Cc1ccc(Cl)cc1Cl. The van der Waals surface area contributed by atoms with E-state index in [-0.39, 0.29) is 13.1 Å². The van der Waals surface area contributed by atoms with Gasteiger partial charge in [-0.15, -0.1) is 0 Å². The van der Waals surface area contributed by atoms with Crippen LogP contribution in [0.5, 0.6) is 0 Å². The van der Waals surface area contributed by atoms with Crippen LogP contribution in [-0.2, 0) is 23.1 Å². The van der Waals surface area contributed by atoms with Crippen LogP contribution in [0, 0.1) is 0 Å². The zero-order valence-electron chi connectivity index (χ0n) is 11.3. The van der Waals surface area contributed by atoms with Crippen molar-refractivity contribution >= 4 is 33.2 Å². The average Bonchev–Trinajstić information content (AvgIpc) is 2.41. The Morgan fingerprint density at radius 2 is 1.95 bits per heavy atom. The van der Waals surface area contributed by atoms with E-state index in [0.717, 1.165) is 5.56 Å². The Hall–Kier alpha value is -1.14. The fourth-order valence-corrected chi connectivity index (χ4v) is 3.05. The van der Waals surface area contributed by atoms with Crippen LogP contribution in [0.25, 0.3) is 0 Å². The van der Waals surface area contributed by atoms with E-state index in [1.54, 1.807) is 36.7 Å². The summed E-state index contributed by atoms with van der Waals surface area (Å²) >= 11 is 12.0. The molecule has 1 aromatic heterocycles. The van der Waals surface area contributed by atoms with Gasteiger partial charge in [-0.2, -0.15) is 4.31 Å². The lowest BCUT2D eigenvalue weighted by atomic mass is 10.2. The van der Waals surface area contributed by atoms with Gasteiger partial charge in [0.25, 0.3) is 0 Å². The number of pyridine rings is 1. The summed E-state index contributed by atoms with van der Waals surface area (Å²) in [4.78, 5) is 3.99. The normalized spacial score (nSPS) is 11.8. The molecule has 0 unspecified atom stereocenters. The third kappa shape index (κ3) is 4.68. The first kappa shape index (κ1) is 16.2. The summed E-state index contributed by atoms with van der Waals surface area (Å²) in [6, 6.07) is 8.61. The molecular weight excluding hydrogens is 331 g/mol. The van der Waals surface area contributed by atoms with Crippen molar-refractivity contribution in [2.75, 3.05) is 6.26 Å². The molecule has 0 aliphatic rings. The molecular formula is C14H14Cl2N2O2S. The lowest BCUT2D eigenvalue weighted by molar-refractivity contribution is 0.405. The summed E-state index contributed by atoms with van der Waals surface area (Å²) < 4.78 is 25.3. The fraction of sp³-hybridized carbons (Fsp3) is 0.214. The second-order valence-electron chi connectivity index (χ2n) is 4.63. The molecule has 4 nitrogen and oxygen atoms in total. The molecule has 2 rings (SSSR count). The quantitative estimate of drug-likeness (QED) is 0.835. The van der Waals surface area contributed by atoms with Crippen LogP contribution < -0.4 is 0 Å². The molecule has 0 fully saturated rings. The minimum atomic E-state index is -3.37. The largest absolute Gasteiger partial charge is 0.264 e. The van der Waals surface area contributed by atoms with Gasteiger partial charge in [0.2, 0.25) is 10.0 Å². The molecule has 0 atom stereocenters. The van der Waals surface area contributed by atoms with Gasteiger partial charge >= 0.3 is 0 Å². The lowest BCUT2D eigenvalue weighted by Crippen LogP contribution is -2.29. The highest BCUT2D eigenvalue weighted by molar-refractivity contribution is 7.88. The van der Waals surface area contributed by atoms with Crippen LogP contribution in [0.3, 0.4) is 0 Å². The van der Waals surface area contributed by atoms with Gasteiger partial charge in [-0.1, -0.05) is 35.3 Å². The predicted octanol–water partition coefficient (Wildman–Crippen LogP) is 3.35. The van der Waals surface area contributed by atoms with Crippen LogP contribution >= 0.6 is 23.2 Å². The van der Waals surface area contributed by atoms with Crippen LogP contribution in [0.4, 0.5) is 0 Å². The molecule has 0 amide bonds. The maximum absolute atomic E-state index is 12.0. The first-order valence-corrected chi connectivity index (χ1v) is 8.74. The number of aromatic nitrogens is 1. The van der Waals surface area contributed by atoms with Crippen molar-refractivity contribution in [2.24, 2.45) is 0 Å². The van der Waals surface area contributed by atoms with E-state index in [0.29, 0.717) is 15.6 Å². The molecule has 0 saturated heterocycles. The number of hydrogen-bond donors (Lipinski definition) is 0. The number of hydrogen-bond acceptors (Lipinski definition) is 3. The van der Waals surface area contributed by atoms with Crippen molar-refractivity contribution in [3.63, 3.8) is 0 Å². The Morgan fingerprint density at radius 3 is 2.52 bits per heavy atom. The maximum Gasteiger partial charge on any atom is 0.211 e. The van der Waals surface area contributed by atoms with Crippen molar-refractivity contribution < 1.29 is 8.42 Å². The number of sulfonamides is 1. The van der Waals surface area contributed by atoms with E-state index in [9.17, 15) is 8.42 Å². The first-order valence-electron chi connectivity index (χ1n) is 6.14. The summed E-state index contributed by atoms with van der Waals surface area (Å²) in [7, 11) is -3.37. The van der Waals surface area contributed by atoms with Gasteiger partial charge in [0.05, 0.1) is 6.26 Å². The highest BCUT2D eigenvalue weighted by Gasteiger charge is 2.19. The predicted molar refractivity (Wildman–Crippen MR) is 84.8 cm³/mol. The Kier molecular flexibility index (Phi) is 5.22. The van der Waals surface area contributed by atoms with E-state index in [1.807, 2.05) is 6.07 Å². The van der Waals surface area contributed by atoms with Gasteiger partial charge in [0.15, 0.2) is 0 Å². The van der Waals surface area contributed by atoms with Crippen LogP contribution in [0.2, 0.25) is 10.0 Å². The highest BCUT2D eigenvalue weighted by Crippen LogP contribution is 2.23. The lowest BCUT2D eigenvalue weighted by Gasteiger charge is -2.20. The van der Waals surface area contributed by atoms with E-state index >= 15 is 0 Å². The number of rotatable bonds is 5. The van der Waals surface area contributed by atoms with Gasteiger partial charge in [-0.3, -0.25) is 4.98 Å². The van der Waals surface area contributed by atoms with Crippen molar-refractivity contribution in [1.29, 1.82) is 0 Å². The average molecular weight is 345 g/mol. The van der Waals surface area contributed by atoms with Gasteiger partial charge < -0.3 is 0 Å². The molecule has 1 aromatic carbocycles. The zero-order chi connectivity index (χ0) is 15.5. The molecule has 0 N–H and O–H groups in total. The molecule has 0 radical (unpaired) electrons. The maximum atomic E-state index is 12.0. The fourth-order valence-electron chi connectivity index (χ4n) is 1.83. The van der Waals surface area contributed by atoms with E-state index in [4.69, 9.17) is 23.2 Å². The van der Waals surface area contributed by atoms with Crippen molar-refractivity contribution in [2.45, 2.75) is 13.1 Å². The summed E-state index contributed by atoms with van der Waals surface area (Å²) in [5, 5.41) is 0.962. The van der Waals surface area contributed by atoms with E-state index < -0.39 is 10.0 Å². The second-order valence-corrected chi connectivity index (χ2v) is 7.45. The molecule has 0 aliphatic heterocycles. The summed E-state index contributed by atoms with van der Waals surface area (Å²) in [5.74, 6) is 0. The highest BCUT2D eigenvalue weighted by atomic mass is 35.5. The van der Waals surface area contributed by atoms with Gasteiger partial charge in [-0.05, 0) is 29.3 Å². The molecule has 0 saturated carbocycles. The van der Waals surface area contributed by atoms with Gasteiger partial charge in [0.1, 0.15) is 0 Å². The smallest absolute Gasteiger partial charge is 0.211 e. The number of benzene rings is 1. The molecule has 7 heteroatoms. The second kappa shape index (κ2) is 6.75. The first-order chi connectivity index (χ1) is 9.86. The van der Waals surface area contributed by atoms with Crippen LogP contribution in [0.1, 0.15) is 11.1 Å². The minimum Gasteiger partial charge on any atom is -0.264 e. The van der Waals surface area contributed by atoms with Gasteiger partial charge in [-0.25, -0.2) is 8.42 Å². The van der Waals surface area contributed by atoms with Gasteiger partial charge in [0, 0.05) is 35.5 Å².